The number of methoxy groups -OCH3 is 1. The zero-order valence-corrected chi connectivity index (χ0v) is 10.7. The Hall–Kier alpha value is -1.93. The minimum Gasteiger partial charge on any atom is -0.366 e. The largest absolute Gasteiger partial charge is 0.366 e. The quantitative estimate of drug-likeness (QED) is 0.592. The van der Waals surface area contributed by atoms with Crippen LogP contribution in [0.5, 0.6) is 0 Å². The molecule has 0 aliphatic carbocycles. The van der Waals surface area contributed by atoms with Crippen LogP contribution in [0.15, 0.2) is 30.3 Å². The number of nitriles is 1. The third kappa shape index (κ3) is 2.07. The van der Waals surface area contributed by atoms with Gasteiger partial charge in [0.2, 0.25) is 0 Å². The third-order valence-corrected chi connectivity index (χ3v) is 3.59. The molecular formula is C13H16N2O3. The fourth-order valence-corrected chi connectivity index (χ4v) is 1.97. The Morgan fingerprint density at radius 3 is 2.33 bits per heavy atom. The van der Waals surface area contributed by atoms with Crippen LogP contribution in [-0.4, -0.2) is 17.6 Å². The van der Waals surface area contributed by atoms with Crippen LogP contribution in [0.4, 0.5) is 0 Å². The average Bonchev–Trinajstić information content (AvgIpc) is 2.38. The van der Waals surface area contributed by atoms with E-state index in [1.807, 2.05) is 12.1 Å². The number of benzene rings is 1. The van der Waals surface area contributed by atoms with Crippen molar-refractivity contribution in [3.8, 4) is 6.07 Å². The van der Waals surface area contributed by atoms with Crippen molar-refractivity contribution in [1.29, 1.82) is 5.26 Å². The van der Waals surface area contributed by atoms with Crippen molar-refractivity contribution in [1.82, 2.24) is 0 Å². The van der Waals surface area contributed by atoms with Gasteiger partial charge in [-0.3, -0.25) is 10.1 Å². The normalized spacial score (nSPS) is 17.2. The van der Waals surface area contributed by atoms with Crippen LogP contribution in [0.2, 0.25) is 0 Å². The maximum absolute atomic E-state index is 11.4. The van der Waals surface area contributed by atoms with Gasteiger partial charge in [0.05, 0.1) is 6.07 Å². The molecule has 5 heteroatoms. The molecule has 0 aliphatic rings. The highest BCUT2D eigenvalue weighted by Gasteiger charge is 2.56. The second kappa shape index (κ2) is 5.15. The molecule has 0 fully saturated rings. The Kier molecular flexibility index (Phi) is 4.04. The summed E-state index contributed by atoms with van der Waals surface area (Å²) in [6.07, 6.45) is -0.223. The summed E-state index contributed by atoms with van der Waals surface area (Å²) in [7, 11) is 1.42. The van der Waals surface area contributed by atoms with Gasteiger partial charge in [0.1, 0.15) is 6.42 Å². The number of ether oxygens (including phenoxy) is 1. The van der Waals surface area contributed by atoms with Crippen LogP contribution in [-0.2, 0) is 10.3 Å². The van der Waals surface area contributed by atoms with Crippen molar-refractivity contribution in [3.05, 3.63) is 46.0 Å². The van der Waals surface area contributed by atoms with Gasteiger partial charge < -0.3 is 4.74 Å². The Bertz CT molecular complexity index is 469. The van der Waals surface area contributed by atoms with Gasteiger partial charge in [-0.2, -0.15) is 5.26 Å². The molecule has 0 spiro atoms. The van der Waals surface area contributed by atoms with E-state index in [4.69, 9.17) is 10.00 Å². The van der Waals surface area contributed by atoms with Gasteiger partial charge in [0.25, 0.3) is 5.54 Å². The highest BCUT2D eigenvalue weighted by molar-refractivity contribution is 5.26. The van der Waals surface area contributed by atoms with Crippen molar-refractivity contribution < 1.29 is 9.66 Å². The summed E-state index contributed by atoms with van der Waals surface area (Å²) in [5, 5.41) is 20.2. The van der Waals surface area contributed by atoms with Crippen LogP contribution in [0.3, 0.4) is 0 Å². The van der Waals surface area contributed by atoms with Crippen LogP contribution in [0, 0.1) is 21.4 Å². The molecule has 0 heterocycles. The molecule has 0 radical (unpaired) electrons. The number of rotatable bonds is 5. The maximum Gasteiger partial charge on any atom is 0.264 e. The van der Waals surface area contributed by atoms with Crippen LogP contribution >= 0.6 is 0 Å². The molecular weight excluding hydrogens is 232 g/mol. The van der Waals surface area contributed by atoms with Gasteiger partial charge in [0, 0.05) is 19.0 Å². The van der Waals surface area contributed by atoms with E-state index in [0.717, 1.165) is 0 Å². The van der Waals surface area contributed by atoms with Crippen molar-refractivity contribution in [2.75, 3.05) is 7.11 Å². The van der Waals surface area contributed by atoms with Crippen molar-refractivity contribution >= 4 is 0 Å². The number of hydrogen-bond donors (Lipinski definition) is 0. The fourth-order valence-electron chi connectivity index (χ4n) is 1.97. The van der Waals surface area contributed by atoms with Crippen molar-refractivity contribution in [3.63, 3.8) is 0 Å². The predicted molar refractivity (Wildman–Crippen MR) is 66.4 cm³/mol. The average molecular weight is 248 g/mol. The smallest absolute Gasteiger partial charge is 0.264 e. The molecule has 0 aromatic heterocycles. The lowest BCUT2D eigenvalue weighted by molar-refractivity contribution is -0.591. The maximum atomic E-state index is 11.4. The van der Waals surface area contributed by atoms with E-state index in [1.54, 1.807) is 31.2 Å². The fraction of sp³-hybridized carbons (Fsp3) is 0.462. The van der Waals surface area contributed by atoms with Crippen LogP contribution in [0.1, 0.15) is 25.8 Å². The molecule has 1 aromatic rings. The van der Waals surface area contributed by atoms with E-state index >= 15 is 0 Å². The summed E-state index contributed by atoms with van der Waals surface area (Å²) in [6, 6.07) is 10.8. The third-order valence-electron chi connectivity index (χ3n) is 3.59. The second-order valence-electron chi connectivity index (χ2n) is 4.47. The first-order chi connectivity index (χ1) is 8.42. The minimum absolute atomic E-state index is 0.223. The van der Waals surface area contributed by atoms with Gasteiger partial charge in [-0.05, 0) is 12.5 Å². The van der Waals surface area contributed by atoms with Crippen LogP contribution < -0.4 is 0 Å². The van der Waals surface area contributed by atoms with E-state index in [9.17, 15) is 10.1 Å². The molecule has 0 aliphatic heterocycles. The molecule has 5 nitrogen and oxygen atoms in total. The van der Waals surface area contributed by atoms with E-state index in [-0.39, 0.29) is 6.42 Å². The lowest BCUT2D eigenvalue weighted by Gasteiger charge is -2.37. The molecule has 0 amide bonds. The number of hydrogen-bond acceptors (Lipinski definition) is 4. The predicted octanol–water partition coefficient (Wildman–Crippen LogP) is 2.50. The van der Waals surface area contributed by atoms with E-state index in [1.165, 1.54) is 14.0 Å². The van der Waals surface area contributed by atoms with Gasteiger partial charge in [-0.1, -0.05) is 30.3 Å². The topological polar surface area (TPSA) is 76.2 Å². The second-order valence-corrected chi connectivity index (χ2v) is 4.47. The SMILES string of the molecule is COC(C)(c1ccccc1)C(C)(CC#N)[N+](=O)[O-]. The lowest BCUT2D eigenvalue weighted by Crippen LogP contribution is -2.54. The Morgan fingerprint density at radius 2 is 1.94 bits per heavy atom. The molecule has 0 bridgehead atoms. The first kappa shape index (κ1) is 14.1. The van der Waals surface area contributed by atoms with Gasteiger partial charge in [-0.15, -0.1) is 0 Å². The summed E-state index contributed by atoms with van der Waals surface area (Å²) >= 11 is 0. The molecule has 96 valence electrons. The van der Waals surface area contributed by atoms with Gasteiger partial charge in [-0.25, -0.2) is 0 Å². The Labute approximate surface area is 106 Å². The molecule has 0 saturated carbocycles. The molecule has 0 N–H and O–H groups in total. The molecule has 2 unspecified atom stereocenters. The monoisotopic (exact) mass is 248 g/mol. The summed E-state index contributed by atoms with van der Waals surface area (Å²) in [4.78, 5) is 10.9. The standard InChI is InChI=1S/C13H16N2O3/c1-12(9-10-14,15(16)17)13(2,18-3)11-7-5-4-6-8-11/h4-8H,9H2,1-3H3. The van der Waals surface area contributed by atoms with Crippen molar-refractivity contribution in [2.45, 2.75) is 31.4 Å². The van der Waals surface area contributed by atoms with E-state index in [0.29, 0.717) is 5.56 Å². The van der Waals surface area contributed by atoms with E-state index < -0.39 is 16.1 Å². The highest BCUT2D eigenvalue weighted by atomic mass is 16.6. The summed E-state index contributed by atoms with van der Waals surface area (Å²) in [6.45, 7) is 3.08. The zero-order chi connectivity index (χ0) is 13.8. The number of nitro groups is 1. The Balaban J connectivity index is 3.38. The first-order valence-electron chi connectivity index (χ1n) is 5.54. The molecule has 1 aromatic carbocycles. The molecule has 18 heavy (non-hydrogen) atoms. The summed E-state index contributed by atoms with van der Waals surface area (Å²) in [5.74, 6) is 0. The Morgan fingerprint density at radius 1 is 1.39 bits per heavy atom. The zero-order valence-electron chi connectivity index (χ0n) is 10.7. The number of nitrogens with zero attached hydrogens (tertiary/aromatic N) is 2. The van der Waals surface area contributed by atoms with Crippen LogP contribution in [0.25, 0.3) is 0 Å². The van der Waals surface area contributed by atoms with Gasteiger partial charge >= 0.3 is 0 Å². The highest BCUT2D eigenvalue weighted by Crippen LogP contribution is 2.40. The minimum atomic E-state index is -1.50. The molecule has 1 rings (SSSR count). The van der Waals surface area contributed by atoms with Gasteiger partial charge in [0.15, 0.2) is 5.60 Å². The lowest BCUT2D eigenvalue weighted by atomic mass is 9.76. The molecule has 0 saturated heterocycles. The van der Waals surface area contributed by atoms with E-state index in [2.05, 4.69) is 0 Å². The van der Waals surface area contributed by atoms with Crippen molar-refractivity contribution in [2.24, 2.45) is 0 Å². The summed E-state index contributed by atoms with van der Waals surface area (Å²) in [5.41, 5.74) is -1.98. The first-order valence-corrected chi connectivity index (χ1v) is 5.54. The summed E-state index contributed by atoms with van der Waals surface area (Å²) < 4.78 is 5.41. The molecule has 2 atom stereocenters.